The lowest BCUT2D eigenvalue weighted by molar-refractivity contribution is -0.146. The van der Waals surface area contributed by atoms with Crippen molar-refractivity contribution < 1.29 is 17.9 Å². The van der Waals surface area contributed by atoms with E-state index in [1.807, 2.05) is 42.5 Å². The summed E-state index contributed by atoms with van der Waals surface area (Å²) in [7, 11) is -4.86. The van der Waals surface area contributed by atoms with E-state index < -0.39 is 29.7 Å². The number of carbonyl (C=O) groups is 1. The number of nitrogens with zero attached hydrogens (tertiary/aromatic N) is 1. The molecule has 0 bridgehead atoms. The highest BCUT2D eigenvalue weighted by Crippen LogP contribution is 2.51. The zero-order valence-corrected chi connectivity index (χ0v) is 25.0. The third-order valence-electron chi connectivity index (χ3n) is 7.76. The molecule has 0 spiro atoms. The Bertz CT molecular complexity index is 1410. The quantitative estimate of drug-likeness (QED) is 0.197. The molecule has 1 aliphatic carbocycles. The number of rotatable bonds is 11. The van der Waals surface area contributed by atoms with Crippen LogP contribution < -0.4 is 5.32 Å². The zero-order chi connectivity index (χ0) is 27.8. The number of nitrogens with one attached hydrogen (secondary N) is 1. The molecule has 1 N–H and O–H groups in total. The van der Waals surface area contributed by atoms with E-state index in [9.17, 15) is 13.2 Å². The molecule has 0 radical (unpaired) electrons. The average Bonchev–Trinajstić information content (AvgIpc) is 3.65. The van der Waals surface area contributed by atoms with Crippen molar-refractivity contribution in [3.8, 4) is 11.1 Å². The minimum atomic E-state index is -3.36. The molecular formula is C31H38N2O4SSi. The highest BCUT2D eigenvalue weighted by molar-refractivity contribution is 7.89. The second-order valence-corrected chi connectivity index (χ2v) is 19.4. The van der Waals surface area contributed by atoms with Crippen molar-refractivity contribution >= 4 is 24.1 Å². The Labute approximate surface area is 233 Å². The van der Waals surface area contributed by atoms with E-state index in [1.54, 1.807) is 11.2 Å². The molecule has 5 rings (SSSR count). The van der Waals surface area contributed by atoms with Crippen LogP contribution >= 0.6 is 0 Å². The van der Waals surface area contributed by atoms with Gasteiger partial charge in [-0.2, -0.15) is 4.31 Å². The van der Waals surface area contributed by atoms with Crippen LogP contribution in [0.1, 0.15) is 30.0 Å². The van der Waals surface area contributed by atoms with Crippen molar-refractivity contribution in [1.29, 1.82) is 0 Å². The maximum atomic E-state index is 13.5. The first-order valence-corrected chi connectivity index (χ1v) is 19.1. The average molecular weight is 563 g/mol. The van der Waals surface area contributed by atoms with Gasteiger partial charge in [0.2, 0.25) is 10.0 Å². The summed E-state index contributed by atoms with van der Waals surface area (Å²) in [6.07, 6.45) is 0.351. The lowest BCUT2D eigenvalue weighted by Crippen LogP contribution is -2.52. The van der Waals surface area contributed by atoms with E-state index in [-0.39, 0.29) is 24.4 Å². The fraction of sp³-hybridized carbons (Fsp3) is 0.387. The summed E-state index contributed by atoms with van der Waals surface area (Å²) in [5.74, 6) is -0.188. The van der Waals surface area contributed by atoms with Gasteiger partial charge in [-0.25, -0.2) is 8.42 Å². The largest absolute Gasteiger partial charge is 0.465 e. The minimum absolute atomic E-state index is 0.172. The van der Waals surface area contributed by atoms with Crippen molar-refractivity contribution in [3.63, 3.8) is 0 Å². The topological polar surface area (TPSA) is 75.5 Å². The van der Waals surface area contributed by atoms with Crippen molar-refractivity contribution in [3.05, 3.63) is 95.6 Å². The lowest BCUT2D eigenvalue weighted by Gasteiger charge is -2.37. The number of esters is 1. The molecule has 1 aliphatic heterocycles. The van der Waals surface area contributed by atoms with Gasteiger partial charge in [-0.3, -0.25) is 10.1 Å². The number of ether oxygens (including phenoxy) is 1. The van der Waals surface area contributed by atoms with E-state index in [2.05, 4.69) is 61.4 Å². The van der Waals surface area contributed by atoms with Crippen LogP contribution in [0, 0.1) is 0 Å². The van der Waals surface area contributed by atoms with Gasteiger partial charge < -0.3 is 4.74 Å². The molecule has 1 saturated heterocycles. The van der Waals surface area contributed by atoms with Gasteiger partial charge >= 0.3 is 5.97 Å². The number of benzene rings is 3. The molecule has 39 heavy (non-hydrogen) atoms. The summed E-state index contributed by atoms with van der Waals surface area (Å²) in [6.45, 7) is 9.05. The van der Waals surface area contributed by atoms with Crippen LogP contribution in [0.15, 0.2) is 78.9 Å². The highest BCUT2D eigenvalue weighted by Gasteiger charge is 2.50. The van der Waals surface area contributed by atoms with Crippen molar-refractivity contribution in [2.75, 3.05) is 18.9 Å². The Morgan fingerprint density at radius 2 is 1.54 bits per heavy atom. The van der Waals surface area contributed by atoms with Gasteiger partial charge in [0.15, 0.2) is 0 Å². The second-order valence-electron chi connectivity index (χ2n) is 11.7. The first kappa shape index (κ1) is 27.8. The predicted molar refractivity (Wildman–Crippen MR) is 159 cm³/mol. The van der Waals surface area contributed by atoms with Crippen molar-refractivity contribution in [2.24, 2.45) is 0 Å². The standard InChI is InChI=1S/C31H38N2O4SSi/c1-5-37-30(34)29(21-24-22-33(24)38(35,36)19-20-39(2,3)4)32-31(23-13-7-6-8-14-23)27-17-11-9-15-25(27)26-16-10-12-18-28(26)31/h6-18,24,29,32H,5,19-22H2,1-4H3/t24?,29-,33?/m1/s1. The molecule has 3 aromatic carbocycles. The highest BCUT2D eigenvalue weighted by atomic mass is 32.2. The van der Waals surface area contributed by atoms with E-state index in [1.165, 1.54) is 0 Å². The third-order valence-corrected chi connectivity index (χ3v) is 11.8. The SMILES string of the molecule is CCOC(=O)[C@@H](CC1CN1S(=O)(=O)CC[Si](C)(C)C)NC1(c2ccccc2)c2ccccc2-c2ccccc21. The summed E-state index contributed by atoms with van der Waals surface area (Å²) in [4.78, 5) is 13.5. The monoisotopic (exact) mass is 562 g/mol. The summed E-state index contributed by atoms with van der Waals surface area (Å²) in [6, 6.07) is 26.5. The van der Waals surface area contributed by atoms with Crippen molar-refractivity contribution in [1.82, 2.24) is 9.62 Å². The van der Waals surface area contributed by atoms with Gasteiger partial charge in [0.05, 0.1) is 17.9 Å². The van der Waals surface area contributed by atoms with E-state index >= 15 is 0 Å². The van der Waals surface area contributed by atoms with Crippen molar-refractivity contribution in [2.45, 2.75) is 56.7 Å². The van der Waals surface area contributed by atoms with Gasteiger partial charge in [0.1, 0.15) is 6.04 Å². The molecule has 206 valence electrons. The van der Waals surface area contributed by atoms with Gasteiger partial charge in [-0.05, 0) is 47.2 Å². The van der Waals surface area contributed by atoms with E-state index in [0.29, 0.717) is 13.0 Å². The lowest BCUT2D eigenvalue weighted by atomic mass is 9.79. The van der Waals surface area contributed by atoms with Crippen LogP contribution in [0.5, 0.6) is 0 Å². The Morgan fingerprint density at radius 3 is 2.10 bits per heavy atom. The number of fused-ring (bicyclic) bond motifs is 3. The smallest absolute Gasteiger partial charge is 0.323 e. The molecule has 8 heteroatoms. The van der Waals surface area contributed by atoms with Gasteiger partial charge in [0.25, 0.3) is 0 Å². The predicted octanol–water partition coefficient (Wildman–Crippen LogP) is 5.22. The molecule has 3 atom stereocenters. The number of hydrogen-bond acceptors (Lipinski definition) is 5. The zero-order valence-electron chi connectivity index (χ0n) is 23.2. The normalized spacial score (nSPS) is 20.1. The van der Waals surface area contributed by atoms with Crippen LogP contribution in [0.2, 0.25) is 25.7 Å². The minimum Gasteiger partial charge on any atom is -0.465 e. The molecule has 0 aromatic heterocycles. The fourth-order valence-electron chi connectivity index (χ4n) is 5.71. The molecule has 1 fully saturated rings. The molecule has 2 aliphatic rings. The van der Waals surface area contributed by atoms with Crippen LogP contribution in [0.25, 0.3) is 11.1 Å². The molecule has 2 unspecified atom stereocenters. The second kappa shape index (κ2) is 10.7. The maximum Gasteiger partial charge on any atom is 0.323 e. The number of carbonyl (C=O) groups excluding carboxylic acids is 1. The Hall–Kier alpha value is -2.78. The van der Waals surface area contributed by atoms with Gasteiger partial charge in [-0.1, -0.05) is 98.5 Å². The Kier molecular flexibility index (Phi) is 7.58. The molecule has 0 amide bonds. The number of hydrogen-bond donors (Lipinski definition) is 1. The summed E-state index contributed by atoms with van der Waals surface area (Å²) in [5, 5.41) is 3.75. The first-order chi connectivity index (χ1) is 18.6. The Morgan fingerprint density at radius 1 is 0.974 bits per heavy atom. The maximum absolute atomic E-state index is 13.5. The number of sulfonamides is 1. The summed E-state index contributed by atoms with van der Waals surface area (Å²) in [5.41, 5.74) is 4.61. The van der Waals surface area contributed by atoms with Crippen LogP contribution in [0.4, 0.5) is 0 Å². The van der Waals surface area contributed by atoms with Gasteiger partial charge in [0, 0.05) is 20.7 Å². The van der Waals surface area contributed by atoms with Crippen LogP contribution in [0.3, 0.4) is 0 Å². The van der Waals surface area contributed by atoms with E-state index in [4.69, 9.17) is 4.74 Å². The third kappa shape index (κ3) is 5.48. The van der Waals surface area contributed by atoms with Crippen LogP contribution in [-0.4, -0.2) is 57.8 Å². The molecular weight excluding hydrogens is 525 g/mol. The fourth-order valence-corrected chi connectivity index (χ4v) is 10.4. The summed E-state index contributed by atoms with van der Waals surface area (Å²) < 4.78 is 33.3. The molecule has 3 aromatic rings. The summed E-state index contributed by atoms with van der Waals surface area (Å²) >= 11 is 0. The van der Waals surface area contributed by atoms with Gasteiger partial charge in [-0.15, -0.1) is 0 Å². The van der Waals surface area contributed by atoms with Crippen LogP contribution in [-0.2, 0) is 25.1 Å². The molecule has 1 heterocycles. The first-order valence-electron chi connectivity index (χ1n) is 13.8. The molecule has 6 nitrogen and oxygen atoms in total. The Balaban J connectivity index is 1.52. The molecule has 0 saturated carbocycles. The van der Waals surface area contributed by atoms with E-state index in [0.717, 1.165) is 33.9 Å².